The van der Waals surface area contributed by atoms with Crippen molar-refractivity contribution >= 4 is 49.4 Å². The largest absolute Gasteiger partial charge is 0.507 e. The van der Waals surface area contributed by atoms with Crippen LogP contribution < -0.4 is 9.64 Å². The van der Waals surface area contributed by atoms with E-state index in [2.05, 4.69) is 4.98 Å². The van der Waals surface area contributed by atoms with Gasteiger partial charge in [0.1, 0.15) is 9.97 Å². The Morgan fingerprint density at radius 1 is 1.09 bits per heavy atom. The van der Waals surface area contributed by atoms with Crippen molar-refractivity contribution in [1.82, 2.24) is 4.98 Å². The zero-order valence-corrected chi connectivity index (χ0v) is 24.3. The van der Waals surface area contributed by atoms with Gasteiger partial charge in [-0.25, -0.2) is 13.4 Å². The van der Waals surface area contributed by atoms with Crippen LogP contribution in [0.25, 0.3) is 5.76 Å². The van der Waals surface area contributed by atoms with Crippen molar-refractivity contribution in [3.05, 3.63) is 105 Å². The number of ketones is 1. The molecule has 0 unspecified atom stereocenters. The Bertz CT molecular complexity index is 1900. The number of nitrogens with zero attached hydrogens (tertiary/aromatic N) is 3. The number of aromatic nitrogens is 1. The first-order valence-electron chi connectivity index (χ1n) is 12.7. The highest BCUT2D eigenvalue weighted by molar-refractivity contribution is 7.93. The van der Waals surface area contributed by atoms with Crippen LogP contribution in [0.1, 0.15) is 29.7 Å². The molecule has 2 N–H and O–H groups in total. The summed E-state index contributed by atoms with van der Waals surface area (Å²) in [6, 6.07) is 13.9. The number of rotatable bonds is 8. The van der Waals surface area contributed by atoms with Crippen molar-refractivity contribution in [1.29, 1.82) is 0 Å². The fraction of sp³-hybridized carbons (Fsp3) is 0.138. The molecule has 0 saturated carbocycles. The second-order valence-electron chi connectivity index (χ2n) is 9.41. The number of non-ortho nitro benzene ring substituents is 1. The van der Waals surface area contributed by atoms with Crippen LogP contribution in [-0.2, 0) is 19.4 Å². The van der Waals surface area contributed by atoms with E-state index in [1.54, 1.807) is 31.2 Å². The number of phenolic OH excluding ortho intramolecular Hbond substituents is 1. The lowest BCUT2D eigenvalue weighted by molar-refractivity contribution is -0.384. The van der Waals surface area contributed by atoms with Gasteiger partial charge in [-0.2, -0.15) is 0 Å². The topological polar surface area (TPSA) is 177 Å². The minimum absolute atomic E-state index is 0.0708. The highest BCUT2D eigenvalue weighted by Crippen LogP contribution is 2.45. The van der Waals surface area contributed by atoms with Crippen LogP contribution in [-0.4, -0.2) is 46.8 Å². The molecule has 1 saturated heterocycles. The predicted molar refractivity (Wildman–Crippen MR) is 156 cm³/mol. The van der Waals surface area contributed by atoms with E-state index in [4.69, 9.17) is 4.74 Å². The Hall–Kier alpha value is -5.08. The second-order valence-corrected chi connectivity index (χ2v) is 12.6. The van der Waals surface area contributed by atoms with Crippen LogP contribution in [0.4, 0.5) is 10.8 Å². The molecule has 1 aromatic heterocycles. The third kappa shape index (κ3) is 5.33. The Balaban J connectivity index is 1.65. The summed E-state index contributed by atoms with van der Waals surface area (Å²) >= 11 is 0.611. The van der Waals surface area contributed by atoms with E-state index in [1.165, 1.54) is 18.2 Å². The Morgan fingerprint density at radius 2 is 1.77 bits per heavy atom. The number of Topliss-reactive ketones (excluding diaryl/α,β-unsaturated/α-hetero) is 1. The molecule has 1 aliphatic rings. The molecular formula is C29H23N3O9S2. The van der Waals surface area contributed by atoms with Crippen molar-refractivity contribution in [2.24, 2.45) is 0 Å². The lowest BCUT2D eigenvalue weighted by Crippen LogP contribution is -2.29. The van der Waals surface area contributed by atoms with E-state index in [1.807, 2.05) is 6.92 Å². The molecular weight excluding hydrogens is 598 g/mol. The zero-order chi connectivity index (χ0) is 31.1. The minimum Gasteiger partial charge on any atom is -0.507 e. The molecule has 14 heteroatoms. The number of hydrogen-bond donors (Lipinski definition) is 2. The molecule has 12 nitrogen and oxygen atoms in total. The highest BCUT2D eigenvalue weighted by Gasteiger charge is 2.48. The number of anilines is 1. The number of aliphatic hydroxyl groups is 1. The van der Waals surface area contributed by atoms with E-state index in [-0.39, 0.29) is 54.7 Å². The van der Waals surface area contributed by atoms with Crippen LogP contribution in [0.5, 0.6) is 11.5 Å². The average Bonchev–Trinajstić information content (AvgIpc) is 3.58. The van der Waals surface area contributed by atoms with Gasteiger partial charge in [-0.1, -0.05) is 47.2 Å². The summed E-state index contributed by atoms with van der Waals surface area (Å²) in [5.74, 6) is -2.65. The molecule has 1 amide bonds. The van der Waals surface area contributed by atoms with Gasteiger partial charge >= 0.3 is 5.91 Å². The molecule has 1 fully saturated rings. The summed E-state index contributed by atoms with van der Waals surface area (Å²) in [6.07, 6.45) is 1.02. The molecule has 0 radical (unpaired) electrons. The maximum atomic E-state index is 13.5. The lowest BCUT2D eigenvalue weighted by atomic mass is 9.95. The third-order valence-corrected chi connectivity index (χ3v) is 9.90. The minimum atomic E-state index is -4.20. The number of ether oxygens (including phenoxy) is 1. The Kier molecular flexibility index (Phi) is 7.73. The van der Waals surface area contributed by atoms with Gasteiger partial charge in [0.05, 0.1) is 34.2 Å². The molecule has 43 heavy (non-hydrogen) atoms. The van der Waals surface area contributed by atoms with Crippen molar-refractivity contribution in [3.63, 3.8) is 0 Å². The number of hydrogen-bond acceptors (Lipinski definition) is 11. The van der Waals surface area contributed by atoms with Crippen LogP contribution in [0.3, 0.4) is 0 Å². The number of aliphatic hydroxyl groups excluding tert-OH is 1. The number of nitro groups is 1. The van der Waals surface area contributed by atoms with Gasteiger partial charge in [0.25, 0.3) is 11.5 Å². The zero-order valence-electron chi connectivity index (χ0n) is 22.6. The molecule has 220 valence electrons. The number of thiazole rings is 1. The van der Waals surface area contributed by atoms with E-state index in [9.17, 15) is 38.3 Å². The van der Waals surface area contributed by atoms with Crippen LogP contribution in [0.15, 0.2) is 87.6 Å². The molecule has 4 aromatic rings. The first kappa shape index (κ1) is 29.4. The second kappa shape index (κ2) is 11.3. The van der Waals surface area contributed by atoms with Gasteiger partial charge in [0, 0.05) is 17.7 Å². The molecule has 2 heterocycles. The van der Waals surface area contributed by atoms with Crippen LogP contribution in [0.2, 0.25) is 0 Å². The van der Waals surface area contributed by atoms with Crippen LogP contribution >= 0.6 is 11.3 Å². The molecule has 0 bridgehead atoms. The number of nitro benzene ring substituents is 1. The number of carbonyl (C=O) groups is 2. The van der Waals surface area contributed by atoms with Gasteiger partial charge in [-0.3, -0.25) is 24.6 Å². The fourth-order valence-corrected chi connectivity index (χ4v) is 7.08. The first-order chi connectivity index (χ1) is 20.4. The number of aryl methyl sites for hydroxylation is 1. The van der Waals surface area contributed by atoms with Crippen molar-refractivity contribution in [3.8, 4) is 11.5 Å². The van der Waals surface area contributed by atoms with Gasteiger partial charge in [-0.05, 0) is 43.7 Å². The fourth-order valence-electron chi connectivity index (χ4n) is 4.53. The summed E-state index contributed by atoms with van der Waals surface area (Å²) < 4.78 is 31.8. The first-order valence-corrected chi connectivity index (χ1v) is 15.0. The van der Waals surface area contributed by atoms with Crippen molar-refractivity contribution in [2.75, 3.05) is 11.5 Å². The molecule has 0 spiro atoms. The quantitative estimate of drug-likeness (QED) is 0.0902. The van der Waals surface area contributed by atoms with E-state index < -0.39 is 38.3 Å². The Labute approximate surface area is 249 Å². The smallest absolute Gasteiger partial charge is 0.301 e. The molecule has 5 rings (SSSR count). The molecule has 1 aliphatic heterocycles. The summed E-state index contributed by atoms with van der Waals surface area (Å²) in [4.78, 5) is 42.2. The monoisotopic (exact) mass is 621 g/mol. The number of sulfone groups is 1. The van der Waals surface area contributed by atoms with Crippen molar-refractivity contribution in [2.45, 2.75) is 29.0 Å². The maximum absolute atomic E-state index is 13.5. The van der Waals surface area contributed by atoms with Gasteiger partial charge in [0.15, 0.2) is 16.6 Å². The average molecular weight is 622 g/mol. The van der Waals surface area contributed by atoms with Gasteiger partial charge in [0.2, 0.25) is 9.84 Å². The number of amides is 1. The van der Waals surface area contributed by atoms with Crippen LogP contribution in [0, 0.1) is 17.0 Å². The summed E-state index contributed by atoms with van der Waals surface area (Å²) in [7, 11) is -4.20. The summed E-state index contributed by atoms with van der Waals surface area (Å²) in [5.41, 5.74) is 0.901. The number of benzene rings is 3. The summed E-state index contributed by atoms with van der Waals surface area (Å²) in [5, 5.41) is 32.4. The lowest BCUT2D eigenvalue weighted by Gasteiger charge is -2.23. The SMILES string of the molecule is CCOc1cc([C@H]2C(=C(O)c3ccc(C)cc3)C(=O)C(=O)N2c2ncc(S(=O)(=O)c3ccc([N+](=O)[O-])cc3)s2)ccc1O. The number of carbonyl (C=O) groups excluding carboxylic acids is 2. The van der Waals surface area contributed by atoms with Gasteiger partial charge in [-0.15, -0.1) is 0 Å². The third-order valence-electron chi connectivity index (χ3n) is 6.67. The highest BCUT2D eigenvalue weighted by atomic mass is 32.2. The Morgan fingerprint density at radius 3 is 2.40 bits per heavy atom. The number of phenols is 1. The maximum Gasteiger partial charge on any atom is 0.301 e. The number of aromatic hydroxyl groups is 1. The predicted octanol–water partition coefficient (Wildman–Crippen LogP) is 4.92. The van der Waals surface area contributed by atoms with E-state index >= 15 is 0 Å². The molecule has 0 aliphatic carbocycles. The molecule has 3 aromatic carbocycles. The van der Waals surface area contributed by atoms with E-state index in [0.29, 0.717) is 11.3 Å². The normalized spacial score (nSPS) is 16.4. The van der Waals surface area contributed by atoms with Gasteiger partial charge < -0.3 is 14.9 Å². The van der Waals surface area contributed by atoms with E-state index in [0.717, 1.165) is 40.9 Å². The standard InChI is InChI=1S/C29H23N3O9S2/c1-3-41-22-14-18(8-13-21(22)33)25-24(26(34)17-6-4-16(2)5-7-17)27(35)28(36)31(25)29-30-15-23(42-29)43(39,40)20-11-9-19(10-12-20)32(37)38/h4-15,25,33-34H,3H2,1-2H3/t25-/m0/s1. The summed E-state index contributed by atoms with van der Waals surface area (Å²) in [6.45, 7) is 3.76. The molecule has 1 atom stereocenters. The van der Waals surface area contributed by atoms with Crippen molar-refractivity contribution < 1.29 is 37.9 Å².